The van der Waals surface area contributed by atoms with Crippen LogP contribution in [-0.4, -0.2) is 26.3 Å². The molecule has 0 amide bonds. The summed E-state index contributed by atoms with van der Waals surface area (Å²) < 4.78 is 5.57. The van der Waals surface area contributed by atoms with E-state index in [-0.39, 0.29) is 6.10 Å². The molecule has 96 valence electrons. The average Bonchev–Trinajstić information content (AvgIpc) is 2.31. The zero-order chi connectivity index (χ0) is 12.8. The first-order valence-electron chi connectivity index (χ1n) is 6.03. The lowest BCUT2D eigenvalue weighted by Crippen LogP contribution is -2.43. The van der Waals surface area contributed by atoms with E-state index in [1.807, 2.05) is 19.2 Å². The maximum atomic E-state index is 5.88. The summed E-state index contributed by atoms with van der Waals surface area (Å²) >= 11 is 5.88. The Morgan fingerprint density at radius 1 is 1.24 bits per heavy atom. The number of ether oxygens (including phenoxy) is 1. The van der Waals surface area contributed by atoms with E-state index >= 15 is 0 Å². The number of hydrogen-bond donors (Lipinski definition) is 1. The van der Waals surface area contributed by atoms with Gasteiger partial charge in [0.15, 0.2) is 0 Å². The van der Waals surface area contributed by atoms with Gasteiger partial charge in [-0.1, -0.05) is 37.6 Å². The van der Waals surface area contributed by atoms with Gasteiger partial charge in [-0.2, -0.15) is 0 Å². The number of nitrogens with one attached hydrogen (secondary N) is 1. The van der Waals surface area contributed by atoms with E-state index in [0.717, 1.165) is 11.4 Å². The van der Waals surface area contributed by atoms with Gasteiger partial charge in [0, 0.05) is 18.2 Å². The summed E-state index contributed by atoms with van der Waals surface area (Å²) in [5.41, 5.74) is 1.27. The zero-order valence-corrected chi connectivity index (χ0v) is 11.8. The van der Waals surface area contributed by atoms with Crippen molar-refractivity contribution in [1.29, 1.82) is 0 Å². The molecular weight excluding hydrogens is 234 g/mol. The van der Waals surface area contributed by atoms with Crippen molar-refractivity contribution in [3.05, 3.63) is 34.9 Å². The van der Waals surface area contributed by atoms with Gasteiger partial charge in [0.2, 0.25) is 0 Å². The van der Waals surface area contributed by atoms with Gasteiger partial charge >= 0.3 is 0 Å². The molecule has 0 fully saturated rings. The summed E-state index contributed by atoms with van der Waals surface area (Å²) in [5.74, 6) is 0.491. The number of hydrogen-bond acceptors (Lipinski definition) is 2. The quantitative estimate of drug-likeness (QED) is 0.843. The Kier molecular flexibility index (Phi) is 5.96. The number of methoxy groups -OCH3 is 1. The van der Waals surface area contributed by atoms with Gasteiger partial charge in [-0.05, 0) is 37.1 Å². The Morgan fingerprint density at radius 3 is 2.24 bits per heavy atom. The highest BCUT2D eigenvalue weighted by Crippen LogP contribution is 2.16. The minimum atomic E-state index is 0.218. The molecule has 0 aromatic heterocycles. The van der Waals surface area contributed by atoms with Crippen LogP contribution in [-0.2, 0) is 11.2 Å². The van der Waals surface area contributed by atoms with E-state index in [9.17, 15) is 0 Å². The average molecular weight is 256 g/mol. The molecule has 1 aromatic rings. The molecule has 1 rings (SSSR count). The third-order valence-corrected chi connectivity index (χ3v) is 3.32. The second-order valence-corrected chi connectivity index (χ2v) is 5.11. The fourth-order valence-corrected chi connectivity index (χ4v) is 2.28. The van der Waals surface area contributed by atoms with E-state index in [4.69, 9.17) is 16.3 Å². The zero-order valence-electron chi connectivity index (χ0n) is 11.0. The van der Waals surface area contributed by atoms with Crippen molar-refractivity contribution in [3.8, 4) is 0 Å². The first-order valence-corrected chi connectivity index (χ1v) is 6.40. The summed E-state index contributed by atoms with van der Waals surface area (Å²) in [6.07, 6.45) is 1.17. The van der Waals surface area contributed by atoms with Gasteiger partial charge in [-0.3, -0.25) is 0 Å². The highest BCUT2D eigenvalue weighted by atomic mass is 35.5. The first kappa shape index (κ1) is 14.5. The van der Waals surface area contributed by atoms with Gasteiger partial charge < -0.3 is 10.1 Å². The van der Waals surface area contributed by atoms with Crippen molar-refractivity contribution in [2.45, 2.75) is 32.4 Å². The van der Waals surface area contributed by atoms with E-state index in [0.29, 0.717) is 12.0 Å². The molecule has 2 atom stereocenters. The van der Waals surface area contributed by atoms with Crippen LogP contribution in [0.3, 0.4) is 0 Å². The van der Waals surface area contributed by atoms with Gasteiger partial charge in [0.25, 0.3) is 0 Å². The molecule has 1 aromatic carbocycles. The molecule has 2 nitrogen and oxygen atoms in total. The smallest absolute Gasteiger partial charge is 0.0750 e. The fourth-order valence-electron chi connectivity index (χ4n) is 2.16. The van der Waals surface area contributed by atoms with Crippen molar-refractivity contribution < 1.29 is 4.74 Å². The normalized spacial score (nSPS) is 14.9. The summed E-state index contributed by atoms with van der Waals surface area (Å²) in [4.78, 5) is 0. The highest BCUT2D eigenvalue weighted by molar-refractivity contribution is 6.30. The molecule has 2 unspecified atom stereocenters. The van der Waals surface area contributed by atoms with Crippen molar-refractivity contribution in [3.63, 3.8) is 0 Å². The summed E-state index contributed by atoms with van der Waals surface area (Å²) in [6, 6.07) is 8.32. The number of rotatable bonds is 6. The lowest BCUT2D eigenvalue weighted by molar-refractivity contribution is 0.0354. The van der Waals surface area contributed by atoms with Crippen LogP contribution >= 0.6 is 11.6 Å². The number of benzene rings is 1. The number of likely N-dealkylation sites (N-methyl/N-ethyl adjacent to an activating group) is 1. The topological polar surface area (TPSA) is 21.3 Å². The fraction of sp³-hybridized carbons (Fsp3) is 0.571. The van der Waals surface area contributed by atoms with Crippen LogP contribution in [0.15, 0.2) is 24.3 Å². The monoisotopic (exact) mass is 255 g/mol. The Bertz CT molecular complexity index is 323. The number of halogens is 1. The molecule has 0 saturated carbocycles. The van der Waals surface area contributed by atoms with Crippen LogP contribution in [0.4, 0.5) is 0 Å². The van der Waals surface area contributed by atoms with Crippen LogP contribution in [0.1, 0.15) is 19.4 Å². The van der Waals surface area contributed by atoms with E-state index in [1.165, 1.54) is 5.56 Å². The molecular formula is C14H22ClNO. The largest absolute Gasteiger partial charge is 0.380 e. The van der Waals surface area contributed by atoms with Crippen molar-refractivity contribution in [2.24, 2.45) is 5.92 Å². The van der Waals surface area contributed by atoms with E-state index < -0.39 is 0 Å². The molecule has 0 aliphatic heterocycles. The lowest BCUT2D eigenvalue weighted by Gasteiger charge is -2.29. The maximum Gasteiger partial charge on any atom is 0.0750 e. The third-order valence-electron chi connectivity index (χ3n) is 3.07. The van der Waals surface area contributed by atoms with Crippen LogP contribution in [0.25, 0.3) is 0 Å². The molecule has 0 aliphatic rings. The predicted octanol–water partition coefficient (Wildman–Crippen LogP) is 3.14. The van der Waals surface area contributed by atoms with Crippen LogP contribution < -0.4 is 5.32 Å². The summed E-state index contributed by atoms with van der Waals surface area (Å²) in [6.45, 7) is 4.36. The molecule has 0 aliphatic carbocycles. The van der Waals surface area contributed by atoms with Gasteiger partial charge in [-0.25, -0.2) is 0 Å². The Morgan fingerprint density at radius 2 is 1.82 bits per heavy atom. The van der Waals surface area contributed by atoms with E-state index in [1.54, 1.807) is 7.11 Å². The van der Waals surface area contributed by atoms with Crippen molar-refractivity contribution in [1.82, 2.24) is 5.32 Å². The van der Waals surface area contributed by atoms with Crippen LogP contribution in [0.5, 0.6) is 0 Å². The minimum absolute atomic E-state index is 0.218. The molecule has 0 saturated heterocycles. The lowest BCUT2D eigenvalue weighted by atomic mass is 9.94. The molecule has 0 heterocycles. The second-order valence-electron chi connectivity index (χ2n) is 4.67. The second kappa shape index (κ2) is 7.00. The molecule has 0 spiro atoms. The first-order chi connectivity index (χ1) is 8.08. The van der Waals surface area contributed by atoms with Crippen molar-refractivity contribution in [2.75, 3.05) is 14.2 Å². The SMILES string of the molecule is CNC(Cc1ccc(Cl)cc1)C(OC)C(C)C. The van der Waals surface area contributed by atoms with Gasteiger partial charge in [0.1, 0.15) is 0 Å². The summed E-state index contributed by atoms with van der Waals surface area (Å²) in [7, 11) is 3.76. The Hall–Kier alpha value is -0.570. The van der Waals surface area contributed by atoms with Crippen LogP contribution in [0, 0.1) is 5.92 Å². The highest BCUT2D eigenvalue weighted by Gasteiger charge is 2.22. The molecule has 17 heavy (non-hydrogen) atoms. The van der Waals surface area contributed by atoms with Gasteiger partial charge in [-0.15, -0.1) is 0 Å². The van der Waals surface area contributed by atoms with E-state index in [2.05, 4.69) is 31.3 Å². The minimum Gasteiger partial charge on any atom is -0.380 e. The molecule has 0 bridgehead atoms. The van der Waals surface area contributed by atoms with Crippen LogP contribution in [0.2, 0.25) is 5.02 Å². The third kappa shape index (κ3) is 4.30. The predicted molar refractivity (Wildman–Crippen MR) is 73.6 cm³/mol. The van der Waals surface area contributed by atoms with Gasteiger partial charge in [0.05, 0.1) is 6.10 Å². The maximum absolute atomic E-state index is 5.88. The standard InChI is InChI=1S/C14H22ClNO/c1-10(2)14(17-4)13(16-3)9-11-5-7-12(15)8-6-11/h5-8,10,13-14,16H,9H2,1-4H3. The molecule has 1 N–H and O–H groups in total. The Balaban J connectivity index is 2.71. The van der Waals surface area contributed by atoms with Crippen molar-refractivity contribution >= 4 is 11.6 Å². The Labute approximate surface area is 109 Å². The summed E-state index contributed by atoms with van der Waals surface area (Å²) in [5, 5.41) is 4.12. The molecule has 3 heteroatoms. The molecule has 0 radical (unpaired) electrons.